The molecule has 0 radical (unpaired) electrons. The summed E-state index contributed by atoms with van der Waals surface area (Å²) < 4.78 is 69.2. The number of ether oxygens (including phenoxy) is 3. The largest absolute Gasteiger partial charge is 0.573 e. The fourth-order valence-electron chi connectivity index (χ4n) is 5.89. The number of benzene rings is 3. The second-order valence-corrected chi connectivity index (χ2v) is 12.1. The van der Waals surface area contributed by atoms with Gasteiger partial charge in [-0.1, -0.05) is 12.1 Å². The Kier molecular flexibility index (Phi) is 10.9. The van der Waals surface area contributed by atoms with Gasteiger partial charge in [-0.15, -0.1) is 13.2 Å². The van der Waals surface area contributed by atoms with Crippen molar-refractivity contribution >= 4 is 11.9 Å². The Hall–Kier alpha value is -2.99. The Bertz CT molecular complexity index is 1310. The van der Waals surface area contributed by atoms with E-state index in [1.54, 1.807) is 36.2 Å². The standard InChI is InChI=1S/C33H39F4N3O3S/c1-3-41-30-21-24(22-31(42-4-2)32(30)25-5-7-26(34)8-6-25)23-38-15-13-27(14-16-38)39-17-19-40(20-18-39)44-29-11-9-28(10-12-29)43-33(35,36)37/h5-12,21-22,27H,3-4,13-20,23H2,1-2H3. The van der Waals surface area contributed by atoms with Gasteiger partial charge in [-0.3, -0.25) is 9.80 Å². The van der Waals surface area contributed by atoms with Gasteiger partial charge in [-0.05, 0) is 111 Å². The maximum absolute atomic E-state index is 13.6. The van der Waals surface area contributed by atoms with Crippen molar-refractivity contribution < 1.29 is 31.8 Å². The van der Waals surface area contributed by atoms with Crippen molar-refractivity contribution in [3.63, 3.8) is 0 Å². The van der Waals surface area contributed by atoms with Gasteiger partial charge in [0.25, 0.3) is 0 Å². The van der Waals surface area contributed by atoms with Crippen LogP contribution in [0.15, 0.2) is 65.6 Å². The molecule has 44 heavy (non-hydrogen) atoms. The van der Waals surface area contributed by atoms with E-state index in [0.29, 0.717) is 19.3 Å². The Morgan fingerprint density at radius 3 is 1.93 bits per heavy atom. The topological polar surface area (TPSA) is 37.4 Å². The van der Waals surface area contributed by atoms with Gasteiger partial charge in [0.1, 0.15) is 23.1 Å². The molecule has 11 heteroatoms. The highest BCUT2D eigenvalue weighted by atomic mass is 32.2. The van der Waals surface area contributed by atoms with Crippen molar-refractivity contribution in [2.24, 2.45) is 0 Å². The summed E-state index contributed by atoms with van der Waals surface area (Å²) >= 11 is 1.58. The molecule has 0 amide bonds. The minimum atomic E-state index is -4.68. The van der Waals surface area contributed by atoms with Crippen LogP contribution < -0.4 is 14.2 Å². The molecule has 0 atom stereocenters. The average Bonchev–Trinajstić information content (AvgIpc) is 2.99. The summed E-state index contributed by atoms with van der Waals surface area (Å²) in [6.45, 7) is 11.5. The van der Waals surface area contributed by atoms with E-state index < -0.39 is 6.36 Å². The average molecular weight is 634 g/mol. The molecule has 2 aliphatic rings. The molecule has 0 spiro atoms. The highest BCUT2D eigenvalue weighted by molar-refractivity contribution is 7.97. The predicted molar refractivity (Wildman–Crippen MR) is 165 cm³/mol. The molecular formula is C33H39F4N3O3S. The number of likely N-dealkylation sites (tertiary alicyclic amines) is 1. The van der Waals surface area contributed by atoms with E-state index in [4.69, 9.17) is 9.47 Å². The molecule has 6 nitrogen and oxygen atoms in total. The normalized spacial score (nSPS) is 17.5. The van der Waals surface area contributed by atoms with Crippen LogP contribution >= 0.6 is 11.9 Å². The Morgan fingerprint density at radius 1 is 0.795 bits per heavy atom. The molecule has 0 aliphatic carbocycles. The molecule has 0 bridgehead atoms. The summed E-state index contributed by atoms with van der Waals surface area (Å²) in [7, 11) is 0. The van der Waals surface area contributed by atoms with E-state index in [0.717, 1.165) is 91.7 Å². The molecule has 5 rings (SSSR count). The Balaban J connectivity index is 1.13. The van der Waals surface area contributed by atoms with Gasteiger partial charge >= 0.3 is 6.36 Å². The molecule has 2 fully saturated rings. The van der Waals surface area contributed by atoms with Gasteiger partial charge in [0.05, 0.1) is 18.8 Å². The zero-order chi connectivity index (χ0) is 31.1. The van der Waals surface area contributed by atoms with Gasteiger partial charge in [-0.25, -0.2) is 8.70 Å². The van der Waals surface area contributed by atoms with E-state index in [1.807, 2.05) is 13.8 Å². The van der Waals surface area contributed by atoms with Crippen LogP contribution in [0.4, 0.5) is 17.6 Å². The Labute approximate surface area is 261 Å². The number of halogens is 4. The summed E-state index contributed by atoms with van der Waals surface area (Å²) in [5, 5.41) is 0. The van der Waals surface area contributed by atoms with Crippen molar-refractivity contribution in [3.8, 4) is 28.4 Å². The lowest BCUT2D eigenvalue weighted by Crippen LogP contribution is -2.51. The first-order valence-corrected chi connectivity index (χ1v) is 15.9. The zero-order valence-corrected chi connectivity index (χ0v) is 25.9. The third-order valence-corrected chi connectivity index (χ3v) is 9.01. The maximum atomic E-state index is 13.6. The number of rotatable bonds is 11. The smallest absolute Gasteiger partial charge is 0.493 e. The summed E-state index contributed by atoms with van der Waals surface area (Å²) in [5.74, 6) is 1.01. The van der Waals surface area contributed by atoms with Gasteiger partial charge in [0.2, 0.25) is 0 Å². The van der Waals surface area contributed by atoms with Gasteiger partial charge in [-0.2, -0.15) is 0 Å². The molecule has 0 unspecified atom stereocenters. The molecule has 238 valence electrons. The summed E-state index contributed by atoms with van der Waals surface area (Å²) in [5.41, 5.74) is 2.84. The van der Waals surface area contributed by atoms with Crippen LogP contribution in [0.3, 0.4) is 0 Å². The van der Waals surface area contributed by atoms with Crippen LogP contribution in [0.5, 0.6) is 17.2 Å². The van der Waals surface area contributed by atoms with Crippen molar-refractivity contribution in [1.29, 1.82) is 0 Å². The highest BCUT2D eigenvalue weighted by Crippen LogP contribution is 2.40. The molecular weight excluding hydrogens is 594 g/mol. The van der Waals surface area contributed by atoms with Crippen molar-refractivity contribution in [3.05, 3.63) is 72.0 Å². The predicted octanol–water partition coefficient (Wildman–Crippen LogP) is 7.48. The molecule has 0 aromatic heterocycles. The first kappa shape index (κ1) is 32.4. The lowest BCUT2D eigenvalue weighted by atomic mass is 9.99. The summed E-state index contributed by atoms with van der Waals surface area (Å²) in [4.78, 5) is 5.95. The van der Waals surface area contributed by atoms with Crippen LogP contribution in [0.1, 0.15) is 32.3 Å². The van der Waals surface area contributed by atoms with Crippen molar-refractivity contribution in [2.75, 3.05) is 52.5 Å². The van der Waals surface area contributed by atoms with Crippen LogP contribution in [0.2, 0.25) is 0 Å². The third kappa shape index (κ3) is 8.80. The first-order valence-electron chi connectivity index (χ1n) is 15.1. The lowest BCUT2D eigenvalue weighted by Gasteiger charge is -2.42. The molecule has 2 heterocycles. The second-order valence-electron chi connectivity index (χ2n) is 10.9. The van der Waals surface area contributed by atoms with Gasteiger partial charge in [0, 0.05) is 43.7 Å². The number of hydrogen-bond donors (Lipinski definition) is 0. The number of alkyl halides is 3. The summed E-state index contributed by atoms with van der Waals surface area (Å²) in [6.07, 6.45) is -2.49. The number of piperazine rings is 1. The molecule has 2 aliphatic heterocycles. The van der Waals surface area contributed by atoms with E-state index in [1.165, 1.54) is 24.3 Å². The molecule has 3 aromatic carbocycles. The van der Waals surface area contributed by atoms with Crippen LogP contribution in [-0.2, 0) is 6.54 Å². The minimum absolute atomic E-state index is 0.204. The number of hydrogen-bond acceptors (Lipinski definition) is 7. The molecule has 3 aromatic rings. The molecule has 0 saturated carbocycles. The van der Waals surface area contributed by atoms with E-state index in [9.17, 15) is 17.6 Å². The SMILES string of the molecule is CCOc1cc(CN2CCC(N3CCN(Sc4ccc(OC(F)(F)F)cc4)CC3)CC2)cc(OCC)c1-c1ccc(F)cc1. The van der Waals surface area contributed by atoms with Crippen LogP contribution in [0.25, 0.3) is 11.1 Å². The fourth-order valence-corrected chi connectivity index (χ4v) is 6.79. The highest BCUT2D eigenvalue weighted by Gasteiger charge is 2.31. The van der Waals surface area contributed by atoms with Crippen molar-refractivity contribution in [2.45, 2.75) is 50.5 Å². The van der Waals surface area contributed by atoms with Gasteiger partial charge < -0.3 is 14.2 Å². The van der Waals surface area contributed by atoms with Crippen LogP contribution in [-0.4, -0.2) is 79.0 Å². The second kappa shape index (κ2) is 14.9. The first-order chi connectivity index (χ1) is 21.2. The van der Waals surface area contributed by atoms with E-state index in [-0.39, 0.29) is 11.6 Å². The van der Waals surface area contributed by atoms with Gasteiger partial charge in [0.15, 0.2) is 0 Å². The fraction of sp³-hybridized carbons (Fsp3) is 0.455. The molecule has 0 N–H and O–H groups in total. The van der Waals surface area contributed by atoms with Crippen LogP contribution in [0, 0.1) is 5.82 Å². The zero-order valence-electron chi connectivity index (χ0n) is 25.1. The maximum Gasteiger partial charge on any atom is 0.573 e. The lowest BCUT2D eigenvalue weighted by molar-refractivity contribution is -0.274. The number of piperidine rings is 1. The monoisotopic (exact) mass is 633 g/mol. The van der Waals surface area contributed by atoms with Crippen molar-refractivity contribution in [1.82, 2.24) is 14.1 Å². The summed E-state index contributed by atoms with van der Waals surface area (Å²) in [6, 6.07) is 17.2. The Morgan fingerprint density at radius 2 is 1.39 bits per heavy atom. The quantitative estimate of drug-likeness (QED) is 0.160. The van der Waals surface area contributed by atoms with E-state index >= 15 is 0 Å². The van der Waals surface area contributed by atoms with E-state index in [2.05, 4.69) is 31.0 Å². The third-order valence-electron chi connectivity index (χ3n) is 7.90. The number of nitrogens with zero attached hydrogens (tertiary/aromatic N) is 3. The minimum Gasteiger partial charge on any atom is -0.493 e. The molecule has 2 saturated heterocycles.